The Morgan fingerprint density at radius 3 is 2.60 bits per heavy atom. The third-order valence-electron chi connectivity index (χ3n) is 4.64. The summed E-state index contributed by atoms with van der Waals surface area (Å²) >= 11 is 0. The average Bonchev–Trinajstić information content (AvgIpc) is 2.41. The van der Waals surface area contributed by atoms with Crippen molar-refractivity contribution in [2.45, 2.75) is 53.0 Å². The van der Waals surface area contributed by atoms with Gasteiger partial charge in [0.1, 0.15) is 5.54 Å². The number of ether oxygens (including phenoxy) is 1. The SMILES string of the molecule is CCNC(C)(CCN1CCC(C)C(C)C1)C(=O)OCC. The predicted molar refractivity (Wildman–Crippen MR) is 82.7 cm³/mol. The molecule has 20 heavy (non-hydrogen) atoms. The first-order valence-electron chi connectivity index (χ1n) is 8.07. The Labute approximate surface area is 124 Å². The second-order valence-electron chi connectivity index (χ2n) is 6.38. The summed E-state index contributed by atoms with van der Waals surface area (Å²) in [7, 11) is 0. The Balaban J connectivity index is 2.52. The fraction of sp³-hybridized carbons (Fsp3) is 0.938. The first-order chi connectivity index (χ1) is 9.42. The highest BCUT2D eigenvalue weighted by atomic mass is 16.5. The van der Waals surface area contributed by atoms with Crippen LogP contribution >= 0.6 is 0 Å². The van der Waals surface area contributed by atoms with Crippen LogP contribution in [0.4, 0.5) is 0 Å². The van der Waals surface area contributed by atoms with Crippen LogP contribution in [0.5, 0.6) is 0 Å². The second kappa shape index (κ2) is 7.99. The highest BCUT2D eigenvalue weighted by molar-refractivity contribution is 5.80. The van der Waals surface area contributed by atoms with Crippen LogP contribution in [0.2, 0.25) is 0 Å². The summed E-state index contributed by atoms with van der Waals surface area (Å²) in [5.74, 6) is 1.44. The molecule has 4 heteroatoms. The lowest BCUT2D eigenvalue weighted by molar-refractivity contribution is -0.151. The van der Waals surface area contributed by atoms with Crippen LogP contribution < -0.4 is 5.32 Å². The molecule has 0 radical (unpaired) electrons. The normalized spacial score (nSPS) is 27.1. The Morgan fingerprint density at radius 1 is 1.35 bits per heavy atom. The van der Waals surface area contributed by atoms with E-state index < -0.39 is 5.54 Å². The number of nitrogens with one attached hydrogen (secondary N) is 1. The van der Waals surface area contributed by atoms with Gasteiger partial charge in [-0.1, -0.05) is 20.8 Å². The standard InChI is InChI=1S/C16H32N2O2/c1-6-17-16(5,15(19)20-7-2)9-11-18-10-8-13(3)14(4)12-18/h13-14,17H,6-12H2,1-5H3. The molecule has 1 fully saturated rings. The molecule has 1 aliphatic rings. The maximum atomic E-state index is 12.1. The maximum Gasteiger partial charge on any atom is 0.326 e. The van der Waals surface area contributed by atoms with Crippen LogP contribution in [-0.2, 0) is 9.53 Å². The molecular formula is C16H32N2O2. The van der Waals surface area contributed by atoms with Crippen LogP contribution in [0.15, 0.2) is 0 Å². The van der Waals surface area contributed by atoms with E-state index >= 15 is 0 Å². The number of esters is 1. The van der Waals surface area contributed by atoms with Gasteiger partial charge >= 0.3 is 5.97 Å². The van der Waals surface area contributed by atoms with E-state index in [1.165, 1.54) is 6.42 Å². The maximum absolute atomic E-state index is 12.1. The number of hydrogen-bond donors (Lipinski definition) is 1. The van der Waals surface area contributed by atoms with Gasteiger partial charge in [-0.15, -0.1) is 0 Å². The van der Waals surface area contributed by atoms with E-state index in [0.29, 0.717) is 6.61 Å². The number of rotatable bonds is 7. The van der Waals surface area contributed by atoms with Crippen LogP contribution in [0.3, 0.4) is 0 Å². The molecule has 0 saturated carbocycles. The summed E-state index contributed by atoms with van der Waals surface area (Å²) in [5, 5.41) is 3.30. The lowest BCUT2D eigenvalue weighted by Gasteiger charge is -2.37. The smallest absolute Gasteiger partial charge is 0.326 e. The first kappa shape index (κ1) is 17.4. The second-order valence-corrected chi connectivity index (χ2v) is 6.38. The molecule has 3 atom stereocenters. The Bertz CT molecular complexity index is 309. The number of likely N-dealkylation sites (tertiary alicyclic amines) is 1. The first-order valence-corrected chi connectivity index (χ1v) is 8.07. The number of hydrogen-bond acceptors (Lipinski definition) is 4. The third kappa shape index (κ3) is 4.74. The number of carbonyl (C=O) groups is 1. The molecule has 3 unspecified atom stereocenters. The zero-order valence-electron chi connectivity index (χ0n) is 13.9. The van der Waals surface area contributed by atoms with E-state index in [4.69, 9.17) is 4.74 Å². The summed E-state index contributed by atoms with van der Waals surface area (Å²) < 4.78 is 5.22. The molecule has 1 rings (SSSR count). The highest BCUT2D eigenvalue weighted by Crippen LogP contribution is 2.23. The lowest BCUT2D eigenvalue weighted by Crippen LogP contribution is -2.53. The van der Waals surface area contributed by atoms with Gasteiger partial charge in [0.25, 0.3) is 0 Å². The van der Waals surface area contributed by atoms with E-state index in [1.807, 2.05) is 20.8 Å². The van der Waals surface area contributed by atoms with Crippen molar-refractivity contribution in [1.29, 1.82) is 0 Å². The summed E-state index contributed by atoms with van der Waals surface area (Å²) in [6.07, 6.45) is 2.07. The van der Waals surface area contributed by atoms with Gasteiger partial charge in [0.2, 0.25) is 0 Å². The molecule has 0 aromatic heterocycles. The van der Waals surface area contributed by atoms with E-state index in [-0.39, 0.29) is 5.97 Å². The number of nitrogens with zero attached hydrogens (tertiary/aromatic N) is 1. The Kier molecular flexibility index (Phi) is 6.96. The predicted octanol–water partition coefficient (Wildman–Crippen LogP) is 2.29. The van der Waals surface area contributed by atoms with Crippen molar-refractivity contribution < 1.29 is 9.53 Å². The van der Waals surface area contributed by atoms with Crippen molar-refractivity contribution in [3.05, 3.63) is 0 Å². The van der Waals surface area contributed by atoms with Gasteiger partial charge in [-0.3, -0.25) is 4.79 Å². The minimum Gasteiger partial charge on any atom is -0.465 e. The summed E-state index contributed by atoms with van der Waals surface area (Å²) in [6.45, 7) is 15.0. The fourth-order valence-corrected chi connectivity index (χ4v) is 2.88. The van der Waals surface area contributed by atoms with Crippen molar-refractivity contribution >= 4 is 5.97 Å². The Hall–Kier alpha value is -0.610. The van der Waals surface area contributed by atoms with E-state index in [9.17, 15) is 4.79 Å². The topological polar surface area (TPSA) is 41.6 Å². The third-order valence-corrected chi connectivity index (χ3v) is 4.64. The molecule has 118 valence electrons. The van der Waals surface area contributed by atoms with Crippen molar-refractivity contribution in [2.24, 2.45) is 11.8 Å². The van der Waals surface area contributed by atoms with Gasteiger partial charge < -0.3 is 15.0 Å². The van der Waals surface area contributed by atoms with Gasteiger partial charge in [-0.05, 0) is 51.6 Å². The van der Waals surface area contributed by atoms with Crippen molar-refractivity contribution in [2.75, 3.05) is 32.8 Å². The van der Waals surface area contributed by atoms with Crippen LogP contribution in [0.25, 0.3) is 0 Å². The number of likely N-dealkylation sites (N-methyl/N-ethyl adjacent to an activating group) is 1. The van der Waals surface area contributed by atoms with Crippen LogP contribution in [-0.4, -0.2) is 49.2 Å². The summed E-state index contributed by atoms with van der Waals surface area (Å²) in [5.41, 5.74) is -0.558. The summed E-state index contributed by atoms with van der Waals surface area (Å²) in [6, 6.07) is 0. The largest absolute Gasteiger partial charge is 0.465 e. The molecule has 0 amide bonds. The highest BCUT2D eigenvalue weighted by Gasteiger charge is 2.34. The number of carbonyl (C=O) groups excluding carboxylic acids is 1. The molecule has 1 saturated heterocycles. The molecule has 1 N–H and O–H groups in total. The van der Waals surface area contributed by atoms with Crippen LogP contribution in [0, 0.1) is 11.8 Å². The van der Waals surface area contributed by atoms with Crippen LogP contribution in [0.1, 0.15) is 47.5 Å². The average molecular weight is 284 g/mol. The molecule has 1 heterocycles. The molecule has 0 spiro atoms. The molecule has 0 aliphatic carbocycles. The number of piperidine rings is 1. The monoisotopic (exact) mass is 284 g/mol. The minimum atomic E-state index is -0.558. The quantitative estimate of drug-likeness (QED) is 0.728. The van der Waals surface area contributed by atoms with E-state index in [1.54, 1.807) is 0 Å². The zero-order valence-corrected chi connectivity index (χ0v) is 13.9. The molecule has 4 nitrogen and oxygen atoms in total. The molecule has 1 aliphatic heterocycles. The molecular weight excluding hydrogens is 252 g/mol. The van der Waals surface area contributed by atoms with Crippen molar-refractivity contribution in [3.63, 3.8) is 0 Å². The van der Waals surface area contributed by atoms with Gasteiger partial charge in [0, 0.05) is 13.1 Å². The van der Waals surface area contributed by atoms with Gasteiger partial charge in [-0.2, -0.15) is 0 Å². The molecule has 0 aromatic carbocycles. The minimum absolute atomic E-state index is 0.125. The Morgan fingerprint density at radius 2 is 2.05 bits per heavy atom. The molecule has 0 aromatic rings. The molecule has 0 bridgehead atoms. The van der Waals surface area contributed by atoms with E-state index in [0.717, 1.165) is 44.4 Å². The van der Waals surface area contributed by atoms with E-state index in [2.05, 4.69) is 24.1 Å². The van der Waals surface area contributed by atoms with Gasteiger partial charge in [-0.25, -0.2) is 0 Å². The summed E-state index contributed by atoms with van der Waals surface area (Å²) in [4.78, 5) is 14.6. The lowest BCUT2D eigenvalue weighted by atomic mass is 9.88. The van der Waals surface area contributed by atoms with Gasteiger partial charge in [0.05, 0.1) is 6.61 Å². The fourth-order valence-electron chi connectivity index (χ4n) is 2.88. The zero-order chi connectivity index (χ0) is 15.2. The van der Waals surface area contributed by atoms with Crippen molar-refractivity contribution in [1.82, 2.24) is 10.2 Å². The van der Waals surface area contributed by atoms with Crippen molar-refractivity contribution in [3.8, 4) is 0 Å². The van der Waals surface area contributed by atoms with Gasteiger partial charge in [0.15, 0.2) is 0 Å².